The van der Waals surface area contributed by atoms with E-state index in [1.165, 1.54) is 64.2 Å². The van der Waals surface area contributed by atoms with Crippen LogP contribution in [-0.2, 0) is 4.79 Å². The van der Waals surface area contributed by atoms with Crippen LogP contribution in [0.5, 0.6) is 0 Å². The second kappa shape index (κ2) is 21.2. The molecular weight excluding hydrogens is 341 g/mol. The van der Waals surface area contributed by atoms with Gasteiger partial charge in [-0.05, 0) is 64.2 Å². The van der Waals surface area contributed by atoms with Crippen molar-refractivity contribution in [3.63, 3.8) is 0 Å². The molecule has 2 unspecified atom stereocenters. The first-order chi connectivity index (χ1) is 13.0. The van der Waals surface area contributed by atoms with Gasteiger partial charge in [-0.1, -0.05) is 63.8 Å². The third-order valence-corrected chi connectivity index (χ3v) is 5.10. The van der Waals surface area contributed by atoms with E-state index in [0.717, 1.165) is 13.1 Å². The number of unbranched alkanes of at least 4 members (excludes halogenated alkanes) is 6. The Morgan fingerprint density at radius 2 is 1.25 bits per heavy atom. The summed E-state index contributed by atoms with van der Waals surface area (Å²) in [5.41, 5.74) is 0. The summed E-state index contributed by atoms with van der Waals surface area (Å²) < 4.78 is 0. The fraction of sp³-hybridized carbons (Fsp3) is 0.792. The number of rotatable bonds is 18. The van der Waals surface area contributed by atoms with Crippen molar-refractivity contribution >= 4 is 5.97 Å². The van der Waals surface area contributed by atoms with Gasteiger partial charge >= 0.3 is 18.9 Å². The van der Waals surface area contributed by atoms with Crippen molar-refractivity contribution in [1.29, 1.82) is 0 Å². The van der Waals surface area contributed by atoms with Crippen molar-refractivity contribution in [2.24, 2.45) is 11.8 Å². The first-order valence-electron chi connectivity index (χ1n) is 11.1. The predicted molar refractivity (Wildman–Crippen MR) is 116 cm³/mol. The molecule has 0 aliphatic carbocycles. The molecule has 158 valence electrons. The molecule has 0 N–H and O–H groups in total. The Kier molecular flexibility index (Phi) is 22.5. The zero-order valence-electron chi connectivity index (χ0n) is 19.4. The first-order valence-corrected chi connectivity index (χ1v) is 11.1. The number of nitrogens with zero attached hydrogens (tertiary/aromatic N) is 1. The van der Waals surface area contributed by atoms with Gasteiger partial charge < -0.3 is 9.90 Å². The van der Waals surface area contributed by atoms with E-state index in [2.05, 4.69) is 56.9 Å². The van der Waals surface area contributed by atoms with Crippen LogP contribution in [0.2, 0.25) is 0 Å². The van der Waals surface area contributed by atoms with Crippen molar-refractivity contribution in [2.75, 3.05) is 19.6 Å². The van der Waals surface area contributed by atoms with Gasteiger partial charge in [-0.3, -0.25) is 4.90 Å². The van der Waals surface area contributed by atoms with Crippen molar-refractivity contribution in [2.45, 2.75) is 91.9 Å². The largest absolute Gasteiger partial charge is 1.00 e. The Morgan fingerprint density at radius 1 is 0.821 bits per heavy atom. The van der Waals surface area contributed by atoms with Crippen LogP contribution in [-0.4, -0.2) is 30.5 Å². The number of carbonyl (C=O) groups is 1. The summed E-state index contributed by atoms with van der Waals surface area (Å²) in [5, 5.41) is 11.1. The molecule has 0 amide bonds. The minimum absolute atomic E-state index is 0. The molecule has 0 aliphatic heterocycles. The summed E-state index contributed by atoms with van der Waals surface area (Å²) in [6.07, 6.45) is 20.9. The van der Waals surface area contributed by atoms with Crippen LogP contribution in [0.15, 0.2) is 24.3 Å². The van der Waals surface area contributed by atoms with Gasteiger partial charge in [0.2, 0.25) is 0 Å². The number of carboxylic acid groups (broad SMARTS) is 1. The van der Waals surface area contributed by atoms with Crippen LogP contribution in [0.4, 0.5) is 0 Å². The van der Waals surface area contributed by atoms with E-state index in [-0.39, 0.29) is 25.4 Å². The van der Waals surface area contributed by atoms with E-state index >= 15 is 0 Å². The van der Waals surface area contributed by atoms with Gasteiger partial charge in [0.25, 0.3) is 0 Å². The molecule has 0 heterocycles. The molecule has 0 aliphatic rings. The van der Waals surface area contributed by atoms with Crippen LogP contribution < -0.4 is 24.0 Å². The van der Waals surface area contributed by atoms with E-state index in [1.54, 1.807) is 0 Å². The molecule has 0 spiro atoms. The van der Waals surface area contributed by atoms with Gasteiger partial charge in [0.15, 0.2) is 0 Å². The summed E-state index contributed by atoms with van der Waals surface area (Å²) >= 11 is 0. The zero-order chi connectivity index (χ0) is 20.3. The number of carbonyl (C=O) groups excluding carboxylic acids is 1. The van der Waals surface area contributed by atoms with Gasteiger partial charge in [-0.2, -0.15) is 0 Å². The quantitative estimate of drug-likeness (QED) is 0.207. The molecule has 28 heavy (non-hydrogen) atoms. The molecular formula is C24H44LiNO2. The molecule has 0 aromatic rings. The molecule has 4 heteroatoms. The van der Waals surface area contributed by atoms with Crippen LogP contribution in [0.1, 0.15) is 91.9 Å². The van der Waals surface area contributed by atoms with E-state index in [1.807, 2.05) is 0 Å². The van der Waals surface area contributed by atoms with Crippen LogP contribution >= 0.6 is 0 Å². The Morgan fingerprint density at radius 3 is 1.61 bits per heavy atom. The van der Waals surface area contributed by atoms with Crippen molar-refractivity contribution in [1.82, 2.24) is 4.90 Å². The minimum Gasteiger partial charge on any atom is -0.549 e. The maximum Gasteiger partial charge on any atom is 1.00 e. The van der Waals surface area contributed by atoms with Gasteiger partial charge in [-0.15, -0.1) is 0 Å². The Hall–Kier alpha value is -0.493. The van der Waals surface area contributed by atoms with Gasteiger partial charge in [0.05, 0.1) is 5.97 Å². The summed E-state index contributed by atoms with van der Waals surface area (Å²) in [6.45, 7) is 10.4. The molecule has 0 rings (SSSR count). The number of hydrogen-bond donors (Lipinski definition) is 0. The molecule has 3 nitrogen and oxygen atoms in total. The van der Waals surface area contributed by atoms with E-state index < -0.39 is 5.97 Å². The first kappa shape index (κ1) is 29.7. The Balaban J connectivity index is 0. The zero-order valence-corrected chi connectivity index (χ0v) is 19.4. The Bertz CT molecular complexity index is 379. The molecule has 0 bridgehead atoms. The van der Waals surface area contributed by atoms with Gasteiger partial charge in [0, 0.05) is 19.6 Å². The van der Waals surface area contributed by atoms with E-state index in [9.17, 15) is 9.90 Å². The van der Waals surface area contributed by atoms with E-state index in [4.69, 9.17) is 0 Å². The molecule has 2 atom stereocenters. The molecule has 0 saturated carbocycles. The fourth-order valence-corrected chi connectivity index (χ4v) is 3.65. The third kappa shape index (κ3) is 20.2. The predicted octanol–water partition coefficient (Wildman–Crippen LogP) is 2.37. The molecule has 0 fully saturated rings. The number of aliphatic carboxylic acids is 1. The maximum atomic E-state index is 11.1. The van der Waals surface area contributed by atoms with Crippen molar-refractivity contribution < 1.29 is 28.8 Å². The molecule has 0 aromatic carbocycles. The van der Waals surface area contributed by atoms with Crippen LogP contribution in [0, 0.1) is 11.8 Å². The second-order valence-corrected chi connectivity index (χ2v) is 8.19. The van der Waals surface area contributed by atoms with Gasteiger partial charge in [-0.25, -0.2) is 0 Å². The summed E-state index contributed by atoms with van der Waals surface area (Å²) in [7, 11) is 0. The number of allylic oxidation sites excluding steroid dienone is 4. The Labute approximate surface area is 187 Å². The van der Waals surface area contributed by atoms with Crippen LogP contribution in [0.25, 0.3) is 0 Å². The van der Waals surface area contributed by atoms with Gasteiger partial charge in [0.1, 0.15) is 0 Å². The number of hydrogen-bond acceptors (Lipinski definition) is 3. The molecule has 0 saturated heterocycles. The second-order valence-electron chi connectivity index (χ2n) is 8.19. The average molecular weight is 386 g/mol. The number of carboxylic acids is 1. The SMILES string of the molecule is C/C=C/CCCCCC(C)CN(CC(=O)[O-])CC(C)CCCCC/C=C/C.[Li+]. The van der Waals surface area contributed by atoms with E-state index in [0.29, 0.717) is 11.8 Å². The average Bonchev–Trinajstić information content (AvgIpc) is 2.60. The summed E-state index contributed by atoms with van der Waals surface area (Å²) in [5.74, 6) is 0.130. The standard InChI is InChI=1S/C24H45NO2.Li/c1-5-7-9-11-13-15-17-22(3)19-25(21-24(26)27)20-23(4)18-16-14-12-10-8-6-2;/h5-8,22-23H,9-21H2,1-4H3,(H,26,27);/q;+1/p-1/b7-5+,8-6+;. The third-order valence-electron chi connectivity index (χ3n) is 5.10. The smallest absolute Gasteiger partial charge is 0.549 e. The monoisotopic (exact) mass is 385 g/mol. The fourth-order valence-electron chi connectivity index (χ4n) is 3.65. The molecule has 0 radical (unpaired) electrons. The molecule has 0 aromatic heterocycles. The summed E-state index contributed by atoms with van der Waals surface area (Å²) in [6, 6.07) is 0. The topological polar surface area (TPSA) is 43.4 Å². The maximum absolute atomic E-state index is 11.1. The normalized spacial score (nSPS) is 13.9. The minimum atomic E-state index is -0.952. The van der Waals surface area contributed by atoms with Crippen molar-refractivity contribution in [3.05, 3.63) is 24.3 Å². The van der Waals surface area contributed by atoms with Crippen LogP contribution in [0.3, 0.4) is 0 Å². The summed E-state index contributed by atoms with van der Waals surface area (Å²) in [4.78, 5) is 13.2. The van der Waals surface area contributed by atoms with Crippen molar-refractivity contribution in [3.8, 4) is 0 Å².